The van der Waals surface area contributed by atoms with Crippen molar-refractivity contribution in [2.75, 3.05) is 12.4 Å². The Morgan fingerprint density at radius 1 is 1.26 bits per heavy atom. The number of carbonyl (C=O) groups is 1. The van der Waals surface area contributed by atoms with Crippen LogP contribution in [0.1, 0.15) is 52.2 Å². The molecule has 0 amide bonds. The van der Waals surface area contributed by atoms with Gasteiger partial charge in [0.15, 0.2) is 0 Å². The molecule has 0 bridgehead atoms. The predicted octanol–water partition coefficient (Wildman–Crippen LogP) is 5.05. The van der Waals surface area contributed by atoms with Crippen molar-refractivity contribution in [1.82, 2.24) is 5.32 Å². The summed E-state index contributed by atoms with van der Waals surface area (Å²) in [6.45, 7) is 13.4. The zero-order chi connectivity index (χ0) is 20.4. The maximum absolute atomic E-state index is 11.1. The zero-order valence-electron chi connectivity index (χ0n) is 17.9. The molecule has 0 aliphatic carbocycles. The van der Waals surface area contributed by atoms with Gasteiger partial charge in [-0.2, -0.15) is 0 Å². The Balaban J connectivity index is 3.25. The third-order valence-electron chi connectivity index (χ3n) is 4.56. The summed E-state index contributed by atoms with van der Waals surface area (Å²) in [5.74, 6) is 0.259. The molecule has 1 rings (SSSR count). The average Bonchev–Trinajstić information content (AvgIpc) is 2.65. The van der Waals surface area contributed by atoms with E-state index in [2.05, 4.69) is 68.4 Å². The second-order valence-electron chi connectivity index (χ2n) is 7.38. The molecule has 0 unspecified atom stereocenters. The average molecular weight is 370 g/mol. The standard InChI is InChI=1S/C23H35N3O/c1-8-19(6)25-13-20-10-9-18(5)22(12-20)26-23(16(2)3)21(14-24-7)11-17(4)15-27/h9-12,14-16,19,25-26H,8,13H2,1-7H3/b17-11-,23-21?,24-14?/t19-/m1/s1. The SMILES string of the molecule is CC[C@@H](C)NCc1ccc(C)c(NC(=C(C=NC)/C=C(/C)C=O)C(C)C)c1. The minimum absolute atomic E-state index is 0.259. The highest BCUT2D eigenvalue weighted by atomic mass is 16.1. The summed E-state index contributed by atoms with van der Waals surface area (Å²) in [7, 11) is 1.74. The topological polar surface area (TPSA) is 53.5 Å². The third kappa shape index (κ3) is 7.51. The van der Waals surface area contributed by atoms with Crippen molar-refractivity contribution in [3.8, 4) is 0 Å². The number of aliphatic imine (C=N–C) groups is 1. The molecular formula is C23H35N3O. The van der Waals surface area contributed by atoms with Gasteiger partial charge in [-0.05, 0) is 62.0 Å². The van der Waals surface area contributed by atoms with Crippen LogP contribution in [-0.2, 0) is 11.3 Å². The molecule has 0 saturated carbocycles. The monoisotopic (exact) mass is 369 g/mol. The first-order valence-electron chi connectivity index (χ1n) is 9.72. The second-order valence-corrected chi connectivity index (χ2v) is 7.38. The van der Waals surface area contributed by atoms with Gasteiger partial charge in [-0.1, -0.05) is 32.9 Å². The van der Waals surface area contributed by atoms with Gasteiger partial charge in [0.2, 0.25) is 0 Å². The maximum Gasteiger partial charge on any atom is 0.145 e. The van der Waals surface area contributed by atoms with Gasteiger partial charge in [-0.3, -0.25) is 9.79 Å². The van der Waals surface area contributed by atoms with Crippen LogP contribution in [-0.4, -0.2) is 25.6 Å². The molecule has 1 aromatic carbocycles. The molecule has 4 heteroatoms. The normalized spacial score (nSPS) is 14.4. The van der Waals surface area contributed by atoms with Gasteiger partial charge >= 0.3 is 0 Å². The third-order valence-corrected chi connectivity index (χ3v) is 4.56. The molecular weight excluding hydrogens is 334 g/mol. The number of nitrogens with one attached hydrogen (secondary N) is 2. The molecule has 0 spiro atoms. The van der Waals surface area contributed by atoms with Gasteiger partial charge in [-0.15, -0.1) is 0 Å². The van der Waals surface area contributed by atoms with E-state index in [1.165, 1.54) is 11.1 Å². The Labute approximate surface area is 164 Å². The van der Waals surface area contributed by atoms with Crippen LogP contribution < -0.4 is 10.6 Å². The van der Waals surface area contributed by atoms with E-state index in [1.54, 1.807) is 20.2 Å². The number of benzene rings is 1. The molecule has 1 aromatic rings. The molecule has 148 valence electrons. The molecule has 27 heavy (non-hydrogen) atoms. The Kier molecular flexibility index (Phi) is 9.73. The van der Waals surface area contributed by atoms with Crippen LogP contribution in [0.2, 0.25) is 0 Å². The molecule has 0 saturated heterocycles. The summed E-state index contributed by atoms with van der Waals surface area (Å²) in [5, 5.41) is 7.14. The van der Waals surface area contributed by atoms with Crippen molar-refractivity contribution in [2.45, 2.75) is 60.5 Å². The van der Waals surface area contributed by atoms with Crippen LogP contribution in [0.15, 0.2) is 46.1 Å². The number of rotatable bonds is 10. The van der Waals surface area contributed by atoms with Crippen LogP contribution in [0.25, 0.3) is 0 Å². The number of aryl methyl sites for hydroxylation is 1. The number of carbonyl (C=O) groups excluding carboxylic acids is 1. The van der Waals surface area contributed by atoms with E-state index in [9.17, 15) is 4.79 Å². The van der Waals surface area contributed by atoms with Crippen molar-refractivity contribution >= 4 is 18.2 Å². The predicted molar refractivity (Wildman–Crippen MR) is 117 cm³/mol. The number of hydrogen-bond donors (Lipinski definition) is 2. The van der Waals surface area contributed by atoms with Crippen molar-refractivity contribution in [1.29, 1.82) is 0 Å². The molecule has 0 aliphatic heterocycles. The largest absolute Gasteiger partial charge is 0.358 e. The summed E-state index contributed by atoms with van der Waals surface area (Å²) >= 11 is 0. The molecule has 0 aromatic heterocycles. The number of allylic oxidation sites excluding steroid dienone is 4. The first-order chi connectivity index (χ1) is 12.8. The summed E-state index contributed by atoms with van der Waals surface area (Å²) in [5.41, 5.74) is 6.17. The van der Waals surface area contributed by atoms with Gasteiger partial charge < -0.3 is 10.6 Å². The fourth-order valence-electron chi connectivity index (χ4n) is 2.65. The van der Waals surface area contributed by atoms with Gasteiger partial charge in [-0.25, -0.2) is 0 Å². The van der Waals surface area contributed by atoms with Gasteiger partial charge in [0.1, 0.15) is 6.29 Å². The van der Waals surface area contributed by atoms with Crippen LogP contribution in [0.5, 0.6) is 0 Å². The van der Waals surface area contributed by atoms with Crippen molar-refractivity contribution in [3.63, 3.8) is 0 Å². The summed E-state index contributed by atoms with van der Waals surface area (Å²) in [6.07, 6.45) is 5.66. The Bertz CT molecular complexity index is 714. The smallest absolute Gasteiger partial charge is 0.145 e. The maximum atomic E-state index is 11.1. The van der Waals surface area contributed by atoms with E-state index in [1.807, 2.05) is 6.08 Å². The lowest BCUT2D eigenvalue weighted by atomic mass is 10.0. The second kappa shape index (κ2) is 11.5. The minimum atomic E-state index is 0.259. The van der Waals surface area contributed by atoms with E-state index in [-0.39, 0.29) is 5.92 Å². The van der Waals surface area contributed by atoms with Crippen LogP contribution >= 0.6 is 0 Å². The number of aldehydes is 1. The summed E-state index contributed by atoms with van der Waals surface area (Å²) in [4.78, 5) is 15.3. The summed E-state index contributed by atoms with van der Waals surface area (Å²) < 4.78 is 0. The van der Waals surface area contributed by atoms with E-state index >= 15 is 0 Å². The molecule has 4 nitrogen and oxygen atoms in total. The number of anilines is 1. The van der Waals surface area contributed by atoms with Gasteiger partial charge in [0.05, 0.1) is 0 Å². The van der Waals surface area contributed by atoms with E-state index in [4.69, 9.17) is 0 Å². The van der Waals surface area contributed by atoms with Crippen molar-refractivity contribution < 1.29 is 4.79 Å². The molecule has 0 radical (unpaired) electrons. The first kappa shape index (κ1) is 22.8. The van der Waals surface area contributed by atoms with Crippen LogP contribution in [0, 0.1) is 12.8 Å². The molecule has 2 N–H and O–H groups in total. The van der Waals surface area contributed by atoms with Gasteiger partial charge in [0, 0.05) is 42.8 Å². The highest BCUT2D eigenvalue weighted by Crippen LogP contribution is 2.24. The Morgan fingerprint density at radius 3 is 2.52 bits per heavy atom. The number of hydrogen-bond acceptors (Lipinski definition) is 4. The lowest BCUT2D eigenvalue weighted by molar-refractivity contribution is -0.104. The fraction of sp³-hybridized carbons (Fsp3) is 0.478. The Hall–Kier alpha value is -2.20. The summed E-state index contributed by atoms with van der Waals surface area (Å²) in [6, 6.07) is 7.01. The minimum Gasteiger partial charge on any atom is -0.358 e. The van der Waals surface area contributed by atoms with E-state index in [0.717, 1.165) is 36.2 Å². The molecule has 1 atom stereocenters. The van der Waals surface area contributed by atoms with E-state index in [0.29, 0.717) is 11.6 Å². The van der Waals surface area contributed by atoms with Crippen molar-refractivity contribution in [3.05, 3.63) is 52.2 Å². The molecule has 0 heterocycles. The highest BCUT2D eigenvalue weighted by molar-refractivity contribution is 5.87. The van der Waals surface area contributed by atoms with Crippen LogP contribution in [0.3, 0.4) is 0 Å². The molecule has 0 aliphatic rings. The van der Waals surface area contributed by atoms with E-state index < -0.39 is 0 Å². The van der Waals surface area contributed by atoms with Crippen molar-refractivity contribution in [2.24, 2.45) is 10.9 Å². The van der Waals surface area contributed by atoms with Crippen LogP contribution in [0.4, 0.5) is 5.69 Å². The molecule has 0 fully saturated rings. The quantitative estimate of drug-likeness (QED) is 0.263. The fourth-order valence-corrected chi connectivity index (χ4v) is 2.65. The lowest BCUT2D eigenvalue weighted by Gasteiger charge is -2.20. The first-order valence-corrected chi connectivity index (χ1v) is 9.72. The Morgan fingerprint density at radius 2 is 1.96 bits per heavy atom. The van der Waals surface area contributed by atoms with Gasteiger partial charge in [0.25, 0.3) is 0 Å². The highest BCUT2D eigenvalue weighted by Gasteiger charge is 2.11. The lowest BCUT2D eigenvalue weighted by Crippen LogP contribution is -2.24. The number of nitrogens with zero attached hydrogens (tertiary/aromatic N) is 1. The zero-order valence-corrected chi connectivity index (χ0v) is 17.9.